The van der Waals surface area contributed by atoms with E-state index in [1.54, 1.807) is 0 Å². The molecule has 2 aliphatic rings. The van der Waals surface area contributed by atoms with E-state index in [4.69, 9.17) is 5.11 Å². The van der Waals surface area contributed by atoms with Crippen molar-refractivity contribution in [2.24, 2.45) is 5.10 Å². The lowest BCUT2D eigenvalue weighted by Crippen LogP contribution is -2.37. The number of hydrogen-bond donors (Lipinski definition) is 1. The average Bonchev–Trinajstić information content (AvgIpc) is 2.49. The first kappa shape index (κ1) is 13.8. The van der Waals surface area contributed by atoms with Gasteiger partial charge in [-0.2, -0.15) is 5.10 Å². The number of aryl methyl sites for hydroxylation is 1. The van der Waals surface area contributed by atoms with Crippen molar-refractivity contribution in [3.63, 3.8) is 0 Å². The van der Waals surface area contributed by atoms with Gasteiger partial charge in [0.2, 0.25) is 5.91 Å². The summed E-state index contributed by atoms with van der Waals surface area (Å²) < 4.78 is 0. The molecule has 0 saturated heterocycles. The standard InChI is InChI=1S/C16H18N2O3/c19-15-9-8-14(16(20)21)17-18(15)10-12-6-3-5-11-4-1-2-7-13(11)12/h1-2,4,7,12H,3,5-6,8-10H2,(H,20,21). The van der Waals surface area contributed by atoms with Crippen LogP contribution in [0.15, 0.2) is 29.4 Å². The summed E-state index contributed by atoms with van der Waals surface area (Å²) in [6.45, 7) is 0.479. The Morgan fingerprint density at radius 3 is 2.90 bits per heavy atom. The van der Waals surface area contributed by atoms with Crippen molar-refractivity contribution in [1.82, 2.24) is 5.01 Å². The van der Waals surface area contributed by atoms with Gasteiger partial charge in [0.05, 0.1) is 6.54 Å². The van der Waals surface area contributed by atoms with Gasteiger partial charge in [0, 0.05) is 18.8 Å². The molecule has 110 valence electrons. The van der Waals surface area contributed by atoms with Crippen molar-refractivity contribution in [3.05, 3.63) is 35.4 Å². The van der Waals surface area contributed by atoms with Crippen LogP contribution in [-0.4, -0.2) is 34.2 Å². The van der Waals surface area contributed by atoms with E-state index < -0.39 is 5.97 Å². The first-order valence-electron chi connectivity index (χ1n) is 7.34. The second-order valence-electron chi connectivity index (χ2n) is 5.62. The fraction of sp³-hybridized carbons (Fsp3) is 0.438. The summed E-state index contributed by atoms with van der Waals surface area (Å²) in [5.41, 5.74) is 2.69. The number of fused-ring (bicyclic) bond motifs is 1. The summed E-state index contributed by atoms with van der Waals surface area (Å²) in [5, 5.41) is 14.4. The molecule has 3 rings (SSSR count). The number of carboxylic acids is 1. The van der Waals surface area contributed by atoms with Crippen LogP contribution in [0.25, 0.3) is 0 Å². The van der Waals surface area contributed by atoms with Gasteiger partial charge in [-0.05, 0) is 30.4 Å². The maximum atomic E-state index is 12.0. The lowest BCUT2D eigenvalue weighted by molar-refractivity contribution is -0.133. The lowest BCUT2D eigenvalue weighted by Gasteiger charge is -2.30. The number of rotatable bonds is 3. The third kappa shape index (κ3) is 2.82. The summed E-state index contributed by atoms with van der Waals surface area (Å²) in [7, 11) is 0. The minimum absolute atomic E-state index is 0.0805. The monoisotopic (exact) mass is 286 g/mol. The second kappa shape index (κ2) is 5.68. The van der Waals surface area contributed by atoms with Crippen molar-refractivity contribution >= 4 is 17.6 Å². The van der Waals surface area contributed by atoms with E-state index in [9.17, 15) is 9.59 Å². The van der Waals surface area contributed by atoms with Gasteiger partial charge in [0.15, 0.2) is 0 Å². The molecule has 0 spiro atoms. The lowest BCUT2D eigenvalue weighted by atomic mass is 9.82. The highest BCUT2D eigenvalue weighted by Gasteiger charge is 2.28. The molecule has 1 N–H and O–H groups in total. The molecule has 0 fully saturated rings. The number of carboxylic acid groups (broad SMARTS) is 1. The maximum Gasteiger partial charge on any atom is 0.352 e. The SMILES string of the molecule is O=C(O)C1=NN(CC2CCCc3ccccc32)C(=O)CC1. The van der Waals surface area contributed by atoms with Gasteiger partial charge < -0.3 is 5.11 Å². The summed E-state index contributed by atoms with van der Waals surface area (Å²) in [6.07, 6.45) is 3.65. The highest BCUT2D eigenvalue weighted by atomic mass is 16.4. The van der Waals surface area contributed by atoms with E-state index >= 15 is 0 Å². The summed E-state index contributed by atoms with van der Waals surface area (Å²) in [6, 6.07) is 8.29. The normalized spacial score (nSPS) is 21.7. The van der Waals surface area contributed by atoms with Crippen LogP contribution in [0.2, 0.25) is 0 Å². The van der Waals surface area contributed by atoms with Crippen molar-refractivity contribution in [3.8, 4) is 0 Å². The molecule has 0 aromatic heterocycles. The van der Waals surface area contributed by atoms with Crippen LogP contribution in [-0.2, 0) is 16.0 Å². The zero-order valence-corrected chi connectivity index (χ0v) is 11.8. The highest BCUT2D eigenvalue weighted by Crippen LogP contribution is 2.32. The van der Waals surface area contributed by atoms with E-state index in [1.807, 2.05) is 12.1 Å². The fourth-order valence-electron chi connectivity index (χ4n) is 3.15. The third-order valence-electron chi connectivity index (χ3n) is 4.24. The van der Waals surface area contributed by atoms with Crippen LogP contribution in [0.5, 0.6) is 0 Å². The number of carbonyl (C=O) groups excluding carboxylic acids is 1. The smallest absolute Gasteiger partial charge is 0.352 e. The third-order valence-corrected chi connectivity index (χ3v) is 4.24. The number of amides is 1. The predicted octanol–water partition coefficient (Wildman–Crippen LogP) is 2.17. The van der Waals surface area contributed by atoms with Crippen molar-refractivity contribution in [2.75, 3.05) is 6.54 Å². The summed E-state index contributed by atoms with van der Waals surface area (Å²) in [5.74, 6) is -0.865. The number of nitrogens with zero attached hydrogens (tertiary/aromatic N) is 2. The Labute approximate surface area is 123 Å². The van der Waals surface area contributed by atoms with Crippen LogP contribution >= 0.6 is 0 Å². The second-order valence-corrected chi connectivity index (χ2v) is 5.62. The molecule has 1 aromatic rings. The first-order valence-corrected chi connectivity index (χ1v) is 7.34. The predicted molar refractivity (Wildman–Crippen MR) is 78.1 cm³/mol. The largest absolute Gasteiger partial charge is 0.477 e. The Morgan fingerprint density at radius 2 is 2.10 bits per heavy atom. The molecule has 1 heterocycles. The van der Waals surface area contributed by atoms with Crippen LogP contribution in [0, 0.1) is 0 Å². The van der Waals surface area contributed by atoms with Gasteiger partial charge in [-0.15, -0.1) is 0 Å². The minimum atomic E-state index is -1.03. The van der Waals surface area contributed by atoms with Crippen LogP contribution < -0.4 is 0 Å². The van der Waals surface area contributed by atoms with E-state index in [2.05, 4.69) is 17.2 Å². The van der Waals surface area contributed by atoms with Gasteiger partial charge in [-0.25, -0.2) is 9.80 Å². The molecular formula is C16H18N2O3. The van der Waals surface area contributed by atoms with Gasteiger partial charge in [0.1, 0.15) is 5.71 Å². The zero-order valence-electron chi connectivity index (χ0n) is 11.8. The summed E-state index contributed by atoms with van der Waals surface area (Å²) >= 11 is 0. The quantitative estimate of drug-likeness (QED) is 0.925. The van der Waals surface area contributed by atoms with Crippen LogP contribution in [0.3, 0.4) is 0 Å². The number of benzene rings is 1. The molecule has 0 saturated carbocycles. The number of hydrogen-bond acceptors (Lipinski definition) is 3. The molecule has 1 unspecified atom stereocenters. The van der Waals surface area contributed by atoms with Crippen LogP contribution in [0.4, 0.5) is 0 Å². The number of hydrazone groups is 1. The Morgan fingerprint density at radius 1 is 1.29 bits per heavy atom. The molecule has 1 aliphatic carbocycles. The van der Waals surface area contributed by atoms with E-state index in [-0.39, 0.29) is 30.4 Å². The zero-order chi connectivity index (χ0) is 14.8. The van der Waals surface area contributed by atoms with Gasteiger partial charge >= 0.3 is 5.97 Å². The minimum Gasteiger partial charge on any atom is -0.477 e. The van der Waals surface area contributed by atoms with E-state index in [0.717, 1.165) is 19.3 Å². The first-order chi connectivity index (χ1) is 10.1. The molecule has 1 aliphatic heterocycles. The topological polar surface area (TPSA) is 70.0 Å². The van der Waals surface area contributed by atoms with Crippen molar-refractivity contribution < 1.29 is 14.7 Å². The van der Waals surface area contributed by atoms with E-state index in [1.165, 1.54) is 16.1 Å². The fourth-order valence-corrected chi connectivity index (χ4v) is 3.15. The van der Waals surface area contributed by atoms with Crippen LogP contribution in [0.1, 0.15) is 42.7 Å². The maximum absolute atomic E-state index is 12.0. The summed E-state index contributed by atoms with van der Waals surface area (Å²) in [4.78, 5) is 23.0. The molecule has 1 atom stereocenters. The van der Waals surface area contributed by atoms with Crippen molar-refractivity contribution in [2.45, 2.75) is 38.0 Å². The Bertz CT molecular complexity index is 609. The average molecular weight is 286 g/mol. The molecule has 1 aromatic carbocycles. The van der Waals surface area contributed by atoms with Crippen molar-refractivity contribution in [1.29, 1.82) is 0 Å². The van der Waals surface area contributed by atoms with Gasteiger partial charge in [0.25, 0.3) is 0 Å². The number of aliphatic carboxylic acids is 1. The Kier molecular flexibility index (Phi) is 3.73. The Hall–Kier alpha value is -2.17. The van der Waals surface area contributed by atoms with Gasteiger partial charge in [-0.1, -0.05) is 24.3 Å². The molecule has 0 radical (unpaired) electrons. The number of carbonyl (C=O) groups is 2. The molecule has 21 heavy (non-hydrogen) atoms. The molecule has 5 nitrogen and oxygen atoms in total. The molecule has 1 amide bonds. The molecule has 5 heteroatoms. The highest BCUT2D eigenvalue weighted by molar-refractivity contribution is 6.36. The molecular weight excluding hydrogens is 268 g/mol. The Balaban J connectivity index is 1.82. The van der Waals surface area contributed by atoms with E-state index in [0.29, 0.717) is 6.54 Å². The molecule has 0 bridgehead atoms. The van der Waals surface area contributed by atoms with Gasteiger partial charge in [-0.3, -0.25) is 4.79 Å².